The minimum absolute atomic E-state index is 0.112. The first-order chi connectivity index (χ1) is 13.7. The second-order valence-electron chi connectivity index (χ2n) is 5.87. The van der Waals surface area contributed by atoms with Gasteiger partial charge in [-0.15, -0.1) is 0 Å². The maximum absolute atomic E-state index is 11.7. The van der Waals surface area contributed by atoms with E-state index >= 15 is 0 Å². The molecule has 28 heavy (non-hydrogen) atoms. The number of rotatable bonds is 8. The van der Waals surface area contributed by atoms with Crippen LogP contribution in [0.5, 0.6) is 0 Å². The third-order valence-corrected chi connectivity index (χ3v) is 3.91. The summed E-state index contributed by atoms with van der Waals surface area (Å²) in [6.45, 7) is 0.721. The van der Waals surface area contributed by atoms with Gasteiger partial charge in [0.05, 0.1) is 18.4 Å². The van der Waals surface area contributed by atoms with Crippen LogP contribution in [0.4, 0.5) is 17.5 Å². The molecule has 0 unspecified atom stereocenters. The fraction of sp³-hybridized carbons (Fsp3) is 0.200. The van der Waals surface area contributed by atoms with Gasteiger partial charge in [-0.2, -0.15) is 0 Å². The molecule has 0 radical (unpaired) electrons. The van der Waals surface area contributed by atoms with Crippen LogP contribution in [0.1, 0.15) is 16.8 Å². The second kappa shape index (κ2) is 9.43. The summed E-state index contributed by atoms with van der Waals surface area (Å²) in [6.07, 6.45) is 3.98. The van der Waals surface area contributed by atoms with Crippen molar-refractivity contribution >= 4 is 23.4 Å². The maximum Gasteiger partial charge on any atom is 0.337 e. The number of aromatic nitrogens is 3. The molecular weight excluding hydrogens is 358 g/mol. The first-order valence-electron chi connectivity index (χ1n) is 8.80. The van der Waals surface area contributed by atoms with E-state index in [4.69, 9.17) is 9.84 Å². The fourth-order valence-electron chi connectivity index (χ4n) is 2.58. The molecule has 1 aromatic carbocycles. The van der Waals surface area contributed by atoms with E-state index in [9.17, 15) is 4.79 Å². The molecule has 0 aliphatic rings. The van der Waals surface area contributed by atoms with E-state index in [-0.39, 0.29) is 6.61 Å². The van der Waals surface area contributed by atoms with E-state index in [0.717, 1.165) is 5.56 Å². The Balaban J connectivity index is 1.83. The molecule has 3 N–H and O–H groups in total. The zero-order chi connectivity index (χ0) is 19.8. The molecule has 2 aromatic heterocycles. The minimum Gasteiger partial charge on any atom is -0.465 e. The molecule has 8 nitrogen and oxygen atoms in total. The van der Waals surface area contributed by atoms with Crippen molar-refractivity contribution in [2.24, 2.45) is 0 Å². The third kappa shape index (κ3) is 4.80. The summed E-state index contributed by atoms with van der Waals surface area (Å²) in [5, 5.41) is 15.3. The average molecular weight is 379 g/mol. The lowest BCUT2D eigenvalue weighted by Gasteiger charge is -2.11. The highest BCUT2D eigenvalue weighted by Crippen LogP contribution is 2.25. The number of nitrogens with one attached hydrogen (secondary N) is 2. The normalized spacial score (nSPS) is 10.4. The van der Waals surface area contributed by atoms with E-state index in [1.165, 1.54) is 7.11 Å². The highest BCUT2D eigenvalue weighted by molar-refractivity contribution is 5.90. The minimum atomic E-state index is -0.410. The number of hydrogen-bond acceptors (Lipinski definition) is 8. The molecular formula is C20H21N5O3. The Kier molecular flexibility index (Phi) is 6.48. The van der Waals surface area contributed by atoms with Gasteiger partial charge in [-0.05, 0) is 42.8 Å². The lowest BCUT2D eigenvalue weighted by molar-refractivity contribution is 0.0601. The van der Waals surface area contributed by atoms with Crippen molar-refractivity contribution in [3.8, 4) is 11.3 Å². The summed E-state index contributed by atoms with van der Waals surface area (Å²) in [5.74, 6) is 0.672. The molecule has 0 amide bonds. The highest BCUT2D eigenvalue weighted by atomic mass is 16.5. The summed E-state index contributed by atoms with van der Waals surface area (Å²) in [6, 6.07) is 12.5. The Morgan fingerprint density at radius 3 is 2.86 bits per heavy atom. The Morgan fingerprint density at radius 1 is 1.14 bits per heavy atom. The molecule has 0 spiro atoms. The molecule has 0 atom stereocenters. The van der Waals surface area contributed by atoms with Crippen molar-refractivity contribution in [2.45, 2.75) is 6.42 Å². The van der Waals surface area contributed by atoms with Crippen LogP contribution in [0, 0.1) is 0 Å². The lowest BCUT2D eigenvalue weighted by atomic mass is 10.2. The zero-order valence-electron chi connectivity index (χ0n) is 15.4. The van der Waals surface area contributed by atoms with Crippen LogP contribution >= 0.6 is 0 Å². The SMILES string of the molecule is COC(=O)c1cccc(Nc2nccc(-c3cccnc3NCCCO)n2)c1. The van der Waals surface area contributed by atoms with E-state index in [0.29, 0.717) is 41.7 Å². The monoisotopic (exact) mass is 379 g/mol. The summed E-state index contributed by atoms with van der Waals surface area (Å²) >= 11 is 0. The van der Waals surface area contributed by atoms with Crippen molar-refractivity contribution in [1.82, 2.24) is 15.0 Å². The van der Waals surface area contributed by atoms with Gasteiger partial charge in [0.25, 0.3) is 0 Å². The van der Waals surface area contributed by atoms with Crippen LogP contribution in [0.15, 0.2) is 54.9 Å². The highest BCUT2D eigenvalue weighted by Gasteiger charge is 2.10. The number of benzene rings is 1. The molecule has 0 aliphatic heterocycles. The first-order valence-corrected chi connectivity index (χ1v) is 8.80. The molecule has 0 aliphatic carbocycles. The fourth-order valence-corrected chi connectivity index (χ4v) is 2.58. The third-order valence-electron chi connectivity index (χ3n) is 3.91. The van der Waals surface area contributed by atoms with Crippen LogP contribution < -0.4 is 10.6 Å². The van der Waals surface area contributed by atoms with E-state index in [1.54, 1.807) is 36.7 Å². The molecule has 0 fully saturated rings. The van der Waals surface area contributed by atoms with Crippen molar-refractivity contribution in [3.63, 3.8) is 0 Å². The smallest absolute Gasteiger partial charge is 0.337 e. The Hall–Kier alpha value is -3.52. The van der Waals surface area contributed by atoms with Crippen molar-refractivity contribution < 1.29 is 14.6 Å². The Labute approximate surface area is 162 Å². The van der Waals surface area contributed by atoms with Crippen LogP contribution in [0.3, 0.4) is 0 Å². The van der Waals surface area contributed by atoms with E-state index in [2.05, 4.69) is 25.6 Å². The molecule has 2 heterocycles. The standard InChI is InChI=1S/C20H21N5O3/c1-28-19(27)14-5-2-6-15(13-14)24-20-23-11-8-17(25-20)16-7-3-9-21-18(16)22-10-4-12-26/h2-3,5-9,11,13,26H,4,10,12H2,1H3,(H,21,22)(H,23,24,25). The molecule has 144 valence electrons. The number of pyridine rings is 1. The lowest BCUT2D eigenvalue weighted by Crippen LogP contribution is -2.07. The van der Waals surface area contributed by atoms with Gasteiger partial charge in [-0.1, -0.05) is 6.07 Å². The summed E-state index contributed by atoms with van der Waals surface area (Å²) in [4.78, 5) is 24.8. The predicted octanol–water partition coefficient (Wildman–Crippen LogP) is 2.86. The number of methoxy groups -OCH3 is 1. The van der Waals surface area contributed by atoms with Gasteiger partial charge in [-0.25, -0.2) is 19.7 Å². The number of esters is 1. The number of ether oxygens (including phenoxy) is 1. The molecule has 3 rings (SSSR count). The number of aliphatic hydroxyl groups is 1. The van der Waals surface area contributed by atoms with Gasteiger partial charge < -0.3 is 20.5 Å². The number of carbonyl (C=O) groups is 1. The molecule has 8 heteroatoms. The van der Waals surface area contributed by atoms with Gasteiger partial charge in [0, 0.05) is 36.8 Å². The quantitative estimate of drug-likeness (QED) is 0.405. The van der Waals surface area contributed by atoms with Gasteiger partial charge >= 0.3 is 5.97 Å². The van der Waals surface area contributed by atoms with E-state index < -0.39 is 5.97 Å². The molecule has 0 bridgehead atoms. The van der Waals surface area contributed by atoms with Gasteiger partial charge in [-0.3, -0.25) is 0 Å². The summed E-state index contributed by atoms with van der Waals surface area (Å²) in [5.41, 5.74) is 2.63. The summed E-state index contributed by atoms with van der Waals surface area (Å²) in [7, 11) is 1.34. The topological polar surface area (TPSA) is 109 Å². The van der Waals surface area contributed by atoms with Crippen LogP contribution in [-0.4, -0.2) is 46.3 Å². The molecule has 0 saturated carbocycles. The summed E-state index contributed by atoms with van der Waals surface area (Å²) < 4.78 is 4.74. The van der Waals surface area contributed by atoms with Gasteiger partial charge in [0.15, 0.2) is 0 Å². The second-order valence-corrected chi connectivity index (χ2v) is 5.87. The average Bonchev–Trinajstić information content (AvgIpc) is 2.74. The Bertz CT molecular complexity index is 948. The number of carbonyl (C=O) groups excluding carboxylic acids is 1. The van der Waals surface area contributed by atoms with Crippen LogP contribution in [0.2, 0.25) is 0 Å². The van der Waals surface area contributed by atoms with Crippen molar-refractivity contribution in [1.29, 1.82) is 0 Å². The van der Waals surface area contributed by atoms with Crippen LogP contribution in [-0.2, 0) is 4.74 Å². The van der Waals surface area contributed by atoms with E-state index in [1.807, 2.05) is 18.2 Å². The number of hydrogen-bond donors (Lipinski definition) is 3. The number of nitrogens with zero attached hydrogens (tertiary/aromatic N) is 3. The van der Waals surface area contributed by atoms with Crippen molar-refractivity contribution in [3.05, 3.63) is 60.4 Å². The molecule has 0 saturated heterocycles. The first kappa shape index (κ1) is 19.2. The predicted molar refractivity (Wildman–Crippen MR) is 107 cm³/mol. The largest absolute Gasteiger partial charge is 0.465 e. The van der Waals surface area contributed by atoms with Crippen molar-refractivity contribution in [2.75, 3.05) is 30.9 Å². The van der Waals surface area contributed by atoms with Crippen LogP contribution in [0.25, 0.3) is 11.3 Å². The number of aliphatic hydroxyl groups excluding tert-OH is 1. The maximum atomic E-state index is 11.7. The number of anilines is 3. The Morgan fingerprint density at radius 2 is 2.04 bits per heavy atom. The molecule has 3 aromatic rings. The zero-order valence-corrected chi connectivity index (χ0v) is 15.4. The van der Waals surface area contributed by atoms with Gasteiger partial charge in [0.2, 0.25) is 5.95 Å². The van der Waals surface area contributed by atoms with Gasteiger partial charge in [0.1, 0.15) is 5.82 Å².